The molecule has 2 aliphatic rings. The summed E-state index contributed by atoms with van der Waals surface area (Å²) in [4.78, 5) is 14.3. The van der Waals surface area contributed by atoms with Crippen LogP contribution in [0, 0.1) is 17.7 Å². The van der Waals surface area contributed by atoms with Crippen molar-refractivity contribution in [2.24, 2.45) is 11.8 Å². The van der Waals surface area contributed by atoms with Crippen molar-refractivity contribution in [1.82, 2.24) is 4.90 Å². The fourth-order valence-electron chi connectivity index (χ4n) is 3.62. The van der Waals surface area contributed by atoms with Crippen LogP contribution in [-0.4, -0.2) is 30.4 Å². The van der Waals surface area contributed by atoms with E-state index in [9.17, 15) is 9.18 Å². The lowest BCUT2D eigenvalue weighted by Crippen LogP contribution is -2.26. The highest BCUT2D eigenvalue weighted by Gasteiger charge is 2.35. The smallest absolute Gasteiger partial charge is 0.225 e. The van der Waals surface area contributed by atoms with E-state index in [2.05, 4.69) is 10.2 Å². The van der Waals surface area contributed by atoms with Gasteiger partial charge < -0.3 is 16.0 Å². The van der Waals surface area contributed by atoms with Gasteiger partial charge in [-0.2, -0.15) is 0 Å². The average Bonchev–Trinajstić information content (AvgIpc) is 3.01. The van der Waals surface area contributed by atoms with E-state index in [1.54, 1.807) is 0 Å². The van der Waals surface area contributed by atoms with Crippen LogP contribution in [0.1, 0.15) is 25.7 Å². The molecular formula is C16H22FN3O. The molecule has 1 aliphatic carbocycles. The maximum absolute atomic E-state index is 13.1. The Hall–Kier alpha value is -1.62. The second-order valence-corrected chi connectivity index (χ2v) is 6.25. The van der Waals surface area contributed by atoms with Gasteiger partial charge in [-0.25, -0.2) is 4.39 Å². The van der Waals surface area contributed by atoms with E-state index >= 15 is 0 Å². The van der Waals surface area contributed by atoms with Crippen LogP contribution in [-0.2, 0) is 4.79 Å². The maximum atomic E-state index is 13.1. The monoisotopic (exact) mass is 291 g/mol. The topological polar surface area (TPSA) is 58.4 Å². The summed E-state index contributed by atoms with van der Waals surface area (Å²) in [6, 6.07) is 4.25. The van der Waals surface area contributed by atoms with Crippen molar-refractivity contribution in [2.45, 2.75) is 25.7 Å². The number of fused-ring (bicyclic) bond motifs is 1. The van der Waals surface area contributed by atoms with Crippen molar-refractivity contribution in [1.29, 1.82) is 0 Å². The average molecular weight is 291 g/mol. The third kappa shape index (κ3) is 3.35. The summed E-state index contributed by atoms with van der Waals surface area (Å²) in [6.45, 7) is 3.08. The largest absolute Gasteiger partial charge is 0.396 e. The highest BCUT2D eigenvalue weighted by Crippen LogP contribution is 2.37. The van der Waals surface area contributed by atoms with Gasteiger partial charge in [-0.05, 0) is 42.9 Å². The Balaban J connectivity index is 1.45. The van der Waals surface area contributed by atoms with Crippen LogP contribution in [0.15, 0.2) is 18.2 Å². The number of halogens is 1. The number of likely N-dealkylation sites (tertiary alicyclic amines) is 1. The Labute approximate surface area is 124 Å². The van der Waals surface area contributed by atoms with E-state index in [-0.39, 0.29) is 11.6 Å². The first-order valence-electron chi connectivity index (χ1n) is 7.69. The summed E-state index contributed by atoms with van der Waals surface area (Å²) in [5.41, 5.74) is 6.10. The zero-order valence-corrected chi connectivity index (χ0v) is 12.1. The summed E-state index contributed by atoms with van der Waals surface area (Å²) >= 11 is 0. The number of amides is 1. The molecule has 4 nitrogen and oxygen atoms in total. The van der Waals surface area contributed by atoms with Gasteiger partial charge in [0.2, 0.25) is 5.91 Å². The van der Waals surface area contributed by atoms with Crippen molar-refractivity contribution >= 4 is 17.3 Å². The first kappa shape index (κ1) is 14.3. The van der Waals surface area contributed by atoms with Gasteiger partial charge in [-0.1, -0.05) is 6.42 Å². The number of nitrogens with one attached hydrogen (secondary N) is 1. The Morgan fingerprint density at radius 1 is 1.33 bits per heavy atom. The van der Waals surface area contributed by atoms with E-state index in [4.69, 9.17) is 5.73 Å². The van der Waals surface area contributed by atoms with Crippen LogP contribution in [0.25, 0.3) is 0 Å². The number of nitrogens with two attached hydrogens (primary N) is 1. The number of benzene rings is 1. The van der Waals surface area contributed by atoms with E-state index < -0.39 is 5.82 Å². The number of carbonyl (C=O) groups excluding carboxylic acids is 1. The predicted octanol–water partition coefficient (Wildman–Crippen LogP) is 2.47. The lowest BCUT2D eigenvalue weighted by atomic mass is 10.0. The molecule has 1 heterocycles. The number of nitrogens with zero attached hydrogens (tertiary/aromatic N) is 1. The van der Waals surface area contributed by atoms with Crippen LogP contribution in [0.3, 0.4) is 0 Å². The van der Waals surface area contributed by atoms with Crippen LogP contribution < -0.4 is 11.1 Å². The molecule has 1 amide bonds. The molecule has 1 aromatic carbocycles. The van der Waals surface area contributed by atoms with E-state index in [1.807, 2.05) is 0 Å². The van der Waals surface area contributed by atoms with E-state index in [0.29, 0.717) is 12.1 Å². The molecule has 2 unspecified atom stereocenters. The van der Waals surface area contributed by atoms with Crippen molar-refractivity contribution in [3.8, 4) is 0 Å². The number of nitrogen functional groups attached to an aromatic ring is 1. The first-order chi connectivity index (χ1) is 10.1. The molecule has 0 bridgehead atoms. The second-order valence-electron chi connectivity index (χ2n) is 6.25. The number of hydrogen-bond donors (Lipinski definition) is 2. The minimum absolute atomic E-state index is 0.0435. The first-order valence-corrected chi connectivity index (χ1v) is 7.69. The minimum atomic E-state index is -0.461. The molecule has 1 aromatic rings. The van der Waals surface area contributed by atoms with Crippen LogP contribution >= 0.6 is 0 Å². The number of hydrogen-bond acceptors (Lipinski definition) is 3. The normalized spacial score (nSPS) is 25.0. The second kappa shape index (κ2) is 6.02. The van der Waals surface area contributed by atoms with E-state index in [0.717, 1.165) is 31.5 Å². The quantitative estimate of drug-likeness (QED) is 0.838. The molecule has 0 radical (unpaired) electrons. The van der Waals surface area contributed by atoms with Gasteiger partial charge in [0, 0.05) is 31.7 Å². The molecule has 0 aromatic heterocycles. The maximum Gasteiger partial charge on any atom is 0.225 e. The molecule has 114 valence electrons. The Bertz CT molecular complexity index is 522. The summed E-state index contributed by atoms with van der Waals surface area (Å²) < 4.78 is 13.1. The third-order valence-electron chi connectivity index (χ3n) is 4.74. The van der Waals surface area contributed by atoms with Crippen LogP contribution in [0.4, 0.5) is 15.8 Å². The minimum Gasteiger partial charge on any atom is -0.396 e. The summed E-state index contributed by atoms with van der Waals surface area (Å²) in [5.74, 6) is 1.20. The fourth-order valence-corrected chi connectivity index (χ4v) is 3.62. The van der Waals surface area contributed by atoms with Gasteiger partial charge in [0.05, 0.1) is 5.69 Å². The fraction of sp³-hybridized carbons (Fsp3) is 0.562. The van der Waals surface area contributed by atoms with Gasteiger partial charge in [0.1, 0.15) is 5.82 Å². The van der Waals surface area contributed by atoms with Gasteiger partial charge in [0.15, 0.2) is 0 Å². The Morgan fingerprint density at radius 2 is 2.05 bits per heavy atom. The van der Waals surface area contributed by atoms with Gasteiger partial charge in [-0.15, -0.1) is 0 Å². The number of rotatable bonds is 4. The zero-order valence-electron chi connectivity index (χ0n) is 12.1. The van der Waals surface area contributed by atoms with Crippen LogP contribution in [0.2, 0.25) is 0 Å². The summed E-state index contributed by atoms with van der Waals surface area (Å²) in [6.07, 6.45) is 4.54. The standard InChI is InChI=1S/C16H22FN3O/c17-14-5-4-13(8-15(14)18)19-16(21)6-7-20-9-11-2-1-3-12(11)10-20/h4-5,8,11-12H,1-3,6-7,9-10,18H2,(H,19,21). The summed E-state index contributed by atoms with van der Waals surface area (Å²) in [5, 5.41) is 2.77. The molecule has 3 N–H and O–H groups in total. The molecule has 2 fully saturated rings. The van der Waals surface area contributed by atoms with Crippen molar-refractivity contribution < 1.29 is 9.18 Å². The molecule has 1 saturated carbocycles. The lowest BCUT2D eigenvalue weighted by Gasteiger charge is -2.16. The lowest BCUT2D eigenvalue weighted by molar-refractivity contribution is -0.116. The predicted molar refractivity (Wildman–Crippen MR) is 81.3 cm³/mol. The van der Waals surface area contributed by atoms with Gasteiger partial charge in [0.25, 0.3) is 0 Å². The zero-order chi connectivity index (χ0) is 14.8. The third-order valence-corrected chi connectivity index (χ3v) is 4.74. The van der Waals surface area contributed by atoms with Crippen molar-refractivity contribution in [3.05, 3.63) is 24.0 Å². The molecule has 0 spiro atoms. The molecule has 1 saturated heterocycles. The SMILES string of the molecule is Nc1cc(NC(=O)CCN2CC3CCCC3C2)ccc1F. The Kier molecular flexibility index (Phi) is 4.10. The molecular weight excluding hydrogens is 269 g/mol. The van der Waals surface area contributed by atoms with Crippen molar-refractivity contribution in [2.75, 3.05) is 30.7 Å². The Morgan fingerprint density at radius 3 is 2.71 bits per heavy atom. The molecule has 3 rings (SSSR count). The molecule has 5 heteroatoms. The van der Waals surface area contributed by atoms with E-state index in [1.165, 1.54) is 37.5 Å². The number of anilines is 2. The molecule has 1 aliphatic heterocycles. The van der Waals surface area contributed by atoms with Gasteiger partial charge in [-0.3, -0.25) is 4.79 Å². The molecule has 21 heavy (non-hydrogen) atoms. The highest BCUT2D eigenvalue weighted by molar-refractivity contribution is 5.91. The van der Waals surface area contributed by atoms with Gasteiger partial charge >= 0.3 is 0 Å². The van der Waals surface area contributed by atoms with Crippen molar-refractivity contribution in [3.63, 3.8) is 0 Å². The highest BCUT2D eigenvalue weighted by atomic mass is 19.1. The number of carbonyl (C=O) groups is 1. The summed E-state index contributed by atoms with van der Waals surface area (Å²) in [7, 11) is 0. The van der Waals surface area contributed by atoms with Crippen LogP contribution in [0.5, 0.6) is 0 Å². The molecule has 2 atom stereocenters.